The molecule has 0 aliphatic rings. The largest absolute Gasteiger partial charge is 0.348 e. The van der Waals surface area contributed by atoms with E-state index in [1.807, 2.05) is 16.8 Å². The fraction of sp³-hybridized carbons (Fsp3) is 0.667. The molecule has 1 unspecified atom stereocenters. The number of nitrogens with one attached hydrogen (secondary N) is 1. The Hall–Kier alpha value is -0.770. The van der Waals surface area contributed by atoms with Crippen molar-refractivity contribution in [1.82, 2.24) is 9.88 Å². The Morgan fingerprint density at radius 2 is 2.05 bits per heavy atom. The molecule has 0 radical (unpaired) electrons. The Balaban J connectivity index is 2.62. The van der Waals surface area contributed by atoms with E-state index in [2.05, 4.69) is 48.9 Å². The summed E-state index contributed by atoms with van der Waals surface area (Å²) in [5.41, 5.74) is 0.726. The summed E-state index contributed by atoms with van der Waals surface area (Å²) in [6.45, 7) is 8.42. The molecule has 19 heavy (non-hydrogen) atoms. The summed E-state index contributed by atoms with van der Waals surface area (Å²) in [6, 6.07) is 2.39. The SMILES string of the molecule is CCCCCC(C)NC(=O)c1cc(Br)cn1C(C)C. The van der Waals surface area contributed by atoms with Gasteiger partial charge in [-0.05, 0) is 49.2 Å². The molecule has 3 nitrogen and oxygen atoms in total. The standard InChI is InChI=1S/C15H25BrN2O/c1-5-6-7-8-12(4)17-15(19)14-9-13(16)10-18(14)11(2)3/h9-12H,5-8H2,1-4H3,(H,17,19). The minimum atomic E-state index is 0.0170. The van der Waals surface area contributed by atoms with Gasteiger partial charge in [-0.3, -0.25) is 4.79 Å². The van der Waals surface area contributed by atoms with Gasteiger partial charge in [0.05, 0.1) is 0 Å². The van der Waals surface area contributed by atoms with Crippen molar-refractivity contribution in [3.63, 3.8) is 0 Å². The van der Waals surface area contributed by atoms with Crippen LogP contribution in [0.15, 0.2) is 16.7 Å². The molecule has 1 aromatic heterocycles. The van der Waals surface area contributed by atoms with Crippen molar-refractivity contribution in [3.05, 3.63) is 22.4 Å². The minimum absolute atomic E-state index is 0.0170. The Kier molecular flexibility index (Phi) is 6.63. The van der Waals surface area contributed by atoms with Gasteiger partial charge in [0.25, 0.3) is 5.91 Å². The zero-order valence-electron chi connectivity index (χ0n) is 12.4. The van der Waals surface area contributed by atoms with Crippen LogP contribution in [0.2, 0.25) is 0 Å². The molecular formula is C15H25BrN2O. The number of carbonyl (C=O) groups is 1. The van der Waals surface area contributed by atoms with Crippen molar-refractivity contribution in [2.45, 2.75) is 65.5 Å². The number of nitrogens with zero attached hydrogens (tertiary/aromatic N) is 1. The first-order chi connectivity index (χ1) is 8.95. The second kappa shape index (κ2) is 7.73. The van der Waals surface area contributed by atoms with Crippen molar-refractivity contribution in [2.24, 2.45) is 0 Å². The predicted molar refractivity (Wildman–Crippen MR) is 83.6 cm³/mol. The van der Waals surface area contributed by atoms with E-state index in [1.165, 1.54) is 19.3 Å². The van der Waals surface area contributed by atoms with Gasteiger partial charge in [-0.25, -0.2) is 0 Å². The number of amides is 1. The first kappa shape index (κ1) is 16.3. The summed E-state index contributed by atoms with van der Waals surface area (Å²) >= 11 is 3.44. The van der Waals surface area contributed by atoms with Crippen LogP contribution in [0.25, 0.3) is 0 Å². The van der Waals surface area contributed by atoms with Crippen LogP contribution >= 0.6 is 15.9 Å². The quantitative estimate of drug-likeness (QED) is 0.733. The van der Waals surface area contributed by atoms with E-state index in [1.54, 1.807) is 0 Å². The molecule has 0 bridgehead atoms. The molecule has 0 aromatic carbocycles. The Bertz CT molecular complexity index is 412. The van der Waals surface area contributed by atoms with Crippen LogP contribution in [-0.2, 0) is 0 Å². The summed E-state index contributed by atoms with van der Waals surface area (Å²) in [5, 5.41) is 3.08. The minimum Gasteiger partial charge on any atom is -0.348 e. The molecule has 1 heterocycles. The molecular weight excluding hydrogens is 304 g/mol. The van der Waals surface area contributed by atoms with Gasteiger partial charge >= 0.3 is 0 Å². The Morgan fingerprint density at radius 1 is 1.37 bits per heavy atom. The van der Waals surface area contributed by atoms with E-state index >= 15 is 0 Å². The molecule has 1 rings (SSSR count). The number of hydrogen-bond acceptors (Lipinski definition) is 1. The van der Waals surface area contributed by atoms with Gasteiger partial charge in [0, 0.05) is 22.8 Å². The van der Waals surface area contributed by atoms with Crippen molar-refractivity contribution >= 4 is 21.8 Å². The fourth-order valence-corrected chi connectivity index (χ4v) is 2.56. The van der Waals surface area contributed by atoms with Crippen LogP contribution in [0, 0.1) is 0 Å². The molecule has 0 aliphatic heterocycles. The van der Waals surface area contributed by atoms with Crippen LogP contribution < -0.4 is 5.32 Å². The maximum atomic E-state index is 12.3. The lowest BCUT2D eigenvalue weighted by Crippen LogP contribution is -2.34. The highest BCUT2D eigenvalue weighted by atomic mass is 79.9. The summed E-state index contributed by atoms with van der Waals surface area (Å²) in [4.78, 5) is 12.3. The van der Waals surface area contributed by atoms with Crippen LogP contribution in [0.4, 0.5) is 0 Å². The Morgan fingerprint density at radius 3 is 2.63 bits per heavy atom. The normalized spacial score (nSPS) is 12.7. The monoisotopic (exact) mass is 328 g/mol. The number of rotatable bonds is 7. The fourth-order valence-electron chi connectivity index (χ4n) is 2.13. The highest BCUT2D eigenvalue weighted by Crippen LogP contribution is 2.19. The molecule has 0 fully saturated rings. The van der Waals surface area contributed by atoms with Gasteiger partial charge < -0.3 is 9.88 Å². The lowest BCUT2D eigenvalue weighted by molar-refractivity contribution is 0.0927. The topological polar surface area (TPSA) is 34.0 Å². The molecule has 1 N–H and O–H groups in total. The van der Waals surface area contributed by atoms with Crippen molar-refractivity contribution in [1.29, 1.82) is 0 Å². The van der Waals surface area contributed by atoms with E-state index in [9.17, 15) is 4.79 Å². The second-order valence-corrected chi connectivity index (χ2v) is 6.33. The molecule has 1 atom stereocenters. The molecule has 0 saturated carbocycles. The number of halogens is 1. The van der Waals surface area contributed by atoms with Gasteiger partial charge in [0.2, 0.25) is 0 Å². The number of aromatic nitrogens is 1. The van der Waals surface area contributed by atoms with Gasteiger partial charge in [-0.2, -0.15) is 0 Å². The lowest BCUT2D eigenvalue weighted by atomic mass is 10.1. The van der Waals surface area contributed by atoms with Crippen LogP contribution in [-0.4, -0.2) is 16.5 Å². The lowest BCUT2D eigenvalue weighted by Gasteiger charge is -2.16. The van der Waals surface area contributed by atoms with Crippen molar-refractivity contribution in [2.75, 3.05) is 0 Å². The van der Waals surface area contributed by atoms with E-state index in [4.69, 9.17) is 0 Å². The molecule has 1 amide bonds. The zero-order chi connectivity index (χ0) is 14.4. The van der Waals surface area contributed by atoms with Crippen LogP contribution in [0.1, 0.15) is 69.9 Å². The van der Waals surface area contributed by atoms with Gasteiger partial charge in [0.15, 0.2) is 0 Å². The van der Waals surface area contributed by atoms with Gasteiger partial charge in [-0.15, -0.1) is 0 Å². The third kappa shape index (κ3) is 5.01. The number of unbranched alkanes of at least 4 members (excludes halogenated alkanes) is 2. The molecule has 1 aromatic rings. The van der Waals surface area contributed by atoms with E-state index < -0.39 is 0 Å². The zero-order valence-corrected chi connectivity index (χ0v) is 14.0. The molecule has 0 spiro atoms. The van der Waals surface area contributed by atoms with Crippen molar-refractivity contribution in [3.8, 4) is 0 Å². The van der Waals surface area contributed by atoms with E-state index in [0.717, 1.165) is 16.6 Å². The number of hydrogen-bond donors (Lipinski definition) is 1. The summed E-state index contributed by atoms with van der Waals surface area (Å²) in [5.74, 6) is 0.0170. The average molecular weight is 329 g/mol. The third-order valence-electron chi connectivity index (χ3n) is 3.22. The Labute approximate surface area is 124 Å². The number of carbonyl (C=O) groups excluding carboxylic acids is 1. The van der Waals surface area contributed by atoms with E-state index in [-0.39, 0.29) is 18.0 Å². The van der Waals surface area contributed by atoms with Gasteiger partial charge in [0.1, 0.15) is 5.69 Å². The van der Waals surface area contributed by atoms with E-state index in [0.29, 0.717) is 0 Å². The smallest absolute Gasteiger partial charge is 0.268 e. The predicted octanol–water partition coefficient (Wildman–Crippen LogP) is 4.53. The molecule has 0 aliphatic carbocycles. The molecule has 4 heteroatoms. The molecule has 108 valence electrons. The highest BCUT2D eigenvalue weighted by molar-refractivity contribution is 9.10. The highest BCUT2D eigenvalue weighted by Gasteiger charge is 2.16. The van der Waals surface area contributed by atoms with Gasteiger partial charge in [-0.1, -0.05) is 26.2 Å². The second-order valence-electron chi connectivity index (χ2n) is 5.41. The summed E-state index contributed by atoms with van der Waals surface area (Å²) < 4.78 is 2.95. The third-order valence-corrected chi connectivity index (χ3v) is 3.66. The first-order valence-electron chi connectivity index (χ1n) is 7.14. The first-order valence-corrected chi connectivity index (χ1v) is 7.93. The van der Waals surface area contributed by atoms with Crippen molar-refractivity contribution < 1.29 is 4.79 Å². The van der Waals surface area contributed by atoms with Crippen LogP contribution in [0.3, 0.4) is 0 Å². The molecule has 0 saturated heterocycles. The van der Waals surface area contributed by atoms with Crippen LogP contribution in [0.5, 0.6) is 0 Å². The maximum absolute atomic E-state index is 12.3. The summed E-state index contributed by atoms with van der Waals surface area (Å²) in [6.07, 6.45) is 6.62. The average Bonchev–Trinajstić information content (AvgIpc) is 2.72. The maximum Gasteiger partial charge on any atom is 0.268 e. The summed E-state index contributed by atoms with van der Waals surface area (Å²) in [7, 11) is 0.